The number of para-hydroxylation sites is 1. The molecule has 8 heteroatoms. The average Bonchev–Trinajstić information content (AvgIpc) is 3.26. The lowest BCUT2D eigenvalue weighted by atomic mass is 10.2. The van der Waals surface area contributed by atoms with E-state index in [9.17, 15) is 0 Å². The molecule has 0 atom stereocenters. The van der Waals surface area contributed by atoms with E-state index in [1.54, 1.807) is 0 Å². The summed E-state index contributed by atoms with van der Waals surface area (Å²) in [5.74, 6) is 0.777. The molecule has 7 nitrogen and oxygen atoms in total. The lowest BCUT2D eigenvalue weighted by Crippen LogP contribution is -1.88. The minimum atomic E-state index is 0.157. The van der Waals surface area contributed by atoms with Crippen molar-refractivity contribution in [3.05, 3.63) is 59.1 Å². The average molecular weight is 384 g/mol. The van der Waals surface area contributed by atoms with E-state index in [2.05, 4.69) is 41.6 Å². The first-order valence-corrected chi connectivity index (χ1v) is 7.83. The number of aromatic nitrogens is 4. The van der Waals surface area contributed by atoms with Crippen molar-refractivity contribution < 1.29 is 8.94 Å². The van der Waals surface area contributed by atoms with E-state index in [0.717, 1.165) is 15.7 Å². The lowest BCUT2D eigenvalue weighted by molar-refractivity contribution is 0.415. The van der Waals surface area contributed by atoms with E-state index in [-0.39, 0.29) is 17.8 Å². The van der Waals surface area contributed by atoms with Gasteiger partial charge >= 0.3 is 17.8 Å². The second-order valence-corrected chi connectivity index (χ2v) is 5.75. The third-order valence-electron chi connectivity index (χ3n) is 3.16. The summed E-state index contributed by atoms with van der Waals surface area (Å²) in [4.78, 5) is 4.28. The summed E-state index contributed by atoms with van der Waals surface area (Å²) in [6.45, 7) is 0. The van der Waals surface area contributed by atoms with Gasteiger partial charge in [-0.15, -0.1) is 5.10 Å². The molecule has 1 N–H and O–H groups in total. The predicted molar refractivity (Wildman–Crippen MR) is 90.5 cm³/mol. The first kappa shape index (κ1) is 14.6. The van der Waals surface area contributed by atoms with Gasteiger partial charge in [-0.05, 0) is 36.4 Å². The van der Waals surface area contributed by atoms with Crippen molar-refractivity contribution >= 4 is 27.6 Å². The Kier molecular flexibility index (Phi) is 3.80. The van der Waals surface area contributed by atoms with Crippen molar-refractivity contribution in [1.82, 2.24) is 20.3 Å². The van der Waals surface area contributed by atoms with E-state index < -0.39 is 0 Å². The van der Waals surface area contributed by atoms with E-state index in [4.69, 9.17) is 8.94 Å². The Balaban J connectivity index is 1.56. The Hall–Kier alpha value is -3.00. The van der Waals surface area contributed by atoms with Crippen molar-refractivity contribution in [1.29, 1.82) is 0 Å². The Morgan fingerprint density at radius 3 is 2.46 bits per heavy atom. The summed E-state index contributed by atoms with van der Waals surface area (Å²) in [6, 6.07) is 17.3. The normalized spacial score (nSPS) is 10.7. The van der Waals surface area contributed by atoms with Gasteiger partial charge < -0.3 is 14.3 Å². The fraction of sp³-hybridized carbons (Fsp3) is 0. The van der Waals surface area contributed by atoms with E-state index in [0.29, 0.717) is 5.82 Å². The van der Waals surface area contributed by atoms with Gasteiger partial charge in [-0.1, -0.05) is 44.4 Å². The molecule has 0 saturated carbocycles. The number of benzene rings is 2. The number of hydrogen-bond acceptors (Lipinski definition) is 7. The molecular formula is C16H10BrN5O2. The fourth-order valence-corrected chi connectivity index (χ4v) is 2.30. The predicted octanol–water partition coefficient (Wildman–Crippen LogP) is 4.29. The molecule has 4 aromatic rings. The van der Waals surface area contributed by atoms with Crippen LogP contribution in [0.15, 0.2) is 68.0 Å². The monoisotopic (exact) mass is 383 g/mol. The molecule has 2 aromatic carbocycles. The standard InChI is InChI=1S/C16H10BrN5O2/c17-11-8-6-10(7-9-11)13-19-14(24-22-13)15-20-21-16(23-15)18-12-4-2-1-3-5-12/h1-9H,(H,18,21). The molecule has 0 unspecified atom stereocenters. The van der Waals surface area contributed by atoms with Gasteiger partial charge in [-0.2, -0.15) is 4.98 Å². The van der Waals surface area contributed by atoms with Crippen molar-refractivity contribution in [2.45, 2.75) is 0 Å². The molecule has 0 aliphatic rings. The topological polar surface area (TPSA) is 89.9 Å². The van der Waals surface area contributed by atoms with Crippen LogP contribution in [0.25, 0.3) is 23.2 Å². The van der Waals surface area contributed by atoms with E-state index in [1.165, 1.54) is 0 Å². The number of halogens is 1. The van der Waals surface area contributed by atoms with Gasteiger partial charge in [0.05, 0.1) is 0 Å². The second-order valence-electron chi connectivity index (χ2n) is 4.83. The summed E-state index contributed by atoms with van der Waals surface area (Å²) in [7, 11) is 0. The van der Waals surface area contributed by atoms with E-state index in [1.807, 2.05) is 54.6 Å². The highest BCUT2D eigenvalue weighted by atomic mass is 79.9. The molecule has 0 radical (unpaired) electrons. The van der Waals surface area contributed by atoms with Gasteiger partial charge in [-0.25, -0.2) is 0 Å². The van der Waals surface area contributed by atoms with E-state index >= 15 is 0 Å². The molecular weight excluding hydrogens is 374 g/mol. The molecule has 0 amide bonds. The van der Waals surface area contributed by atoms with Crippen LogP contribution in [-0.4, -0.2) is 20.3 Å². The summed E-state index contributed by atoms with van der Waals surface area (Å²) >= 11 is 3.39. The number of hydrogen-bond donors (Lipinski definition) is 1. The van der Waals surface area contributed by atoms with Crippen LogP contribution in [0.5, 0.6) is 0 Å². The van der Waals surface area contributed by atoms with Gasteiger partial charge in [0.1, 0.15) is 0 Å². The van der Waals surface area contributed by atoms with Gasteiger partial charge in [0, 0.05) is 15.7 Å². The van der Waals surface area contributed by atoms with Crippen molar-refractivity contribution in [2.75, 3.05) is 5.32 Å². The molecule has 118 valence electrons. The molecule has 4 rings (SSSR count). The Bertz CT molecular complexity index is 950. The third kappa shape index (κ3) is 3.04. The molecule has 0 saturated heterocycles. The number of rotatable bonds is 4. The van der Waals surface area contributed by atoms with Gasteiger partial charge in [0.2, 0.25) is 5.82 Å². The maximum atomic E-state index is 5.50. The largest absolute Gasteiger partial charge is 0.399 e. The van der Waals surface area contributed by atoms with Crippen LogP contribution >= 0.6 is 15.9 Å². The highest BCUT2D eigenvalue weighted by Crippen LogP contribution is 2.24. The van der Waals surface area contributed by atoms with Gasteiger partial charge in [0.25, 0.3) is 0 Å². The molecule has 0 aliphatic heterocycles. The lowest BCUT2D eigenvalue weighted by Gasteiger charge is -1.98. The first-order chi connectivity index (χ1) is 11.8. The minimum Gasteiger partial charge on any atom is -0.399 e. The van der Waals surface area contributed by atoms with Gasteiger partial charge in [-0.3, -0.25) is 0 Å². The van der Waals surface area contributed by atoms with Crippen LogP contribution in [0.4, 0.5) is 11.7 Å². The van der Waals surface area contributed by atoms with Crippen LogP contribution < -0.4 is 5.32 Å². The highest BCUT2D eigenvalue weighted by Gasteiger charge is 2.17. The first-order valence-electron chi connectivity index (χ1n) is 7.03. The zero-order valence-corrected chi connectivity index (χ0v) is 13.8. The SMILES string of the molecule is Brc1ccc(-c2noc(-c3nnc(Nc4ccccc4)o3)n2)cc1. The minimum absolute atomic E-state index is 0.157. The Morgan fingerprint density at radius 2 is 1.67 bits per heavy atom. The van der Waals surface area contributed by atoms with Crippen molar-refractivity contribution in [3.8, 4) is 23.2 Å². The second kappa shape index (κ2) is 6.25. The third-order valence-corrected chi connectivity index (χ3v) is 3.69. The smallest absolute Gasteiger partial charge is 0.320 e. The van der Waals surface area contributed by atoms with Gasteiger partial charge in [0.15, 0.2) is 0 Å². The Labute approximate surface area is 144 Å². The number of nitrogens with zero attached hydrogens (tertiary/aromatic N) is 4. The van der Waals surface area contributed by atoms with Crippen molar-refractivity contribution in [2.24, 2.45) is 0 Å². The maximum Gasteiger partial charge on any atom is 0.320 e. The summed E-state index contributed by atoms with van der Waals surface area (Å²) < 4.78 is 11.7. The number of nitrogens with one attached hydrogen (secondary N) is 1. The molecule has 0 fully saturated rings. The Morgan fingerprint density at radius 1 is 0.875 bits per heavy atom. The zero-order valence-electron chi connectivity index (χ0n) is 12.2. The summed E-state index contributed by atoms with van der Waals surface area (Å²) in [5.41, 5.74) is 1.67. The van der Waals surface area contributed by atoms with Crippen LogP contribution in [-0.2, 0) is 0 Å². The van der Waals surface area contributed by atoms with Crippen LogP contribution in [0.3, 0.4) is 0 Å². The highest BCUT2D eigenvalue weighted by molar-refractivity contribution is 9.10. The van der Waals surface area contributed by atoms with Crippen LogP contribution in [0.1, 0.15) is 0 Å². The fourth-order valence-electron chi connectivity index (χ4n) is 2.03. The molecule has 2 heterocycles. The summed E-state index contributed by atoms with van der Waals surface area (Å²) in [6.07, 6.45) is 0. The molecule has 2 aromatic heterocycles. The molecule has 0 aliphatic carbocycles. The molecule has 0 spiro atoms. The molecule has 0 bridgehead atoms. The quantitative estimate of drug-likeness (QED) is 0.561. The van der Waals surface area contributed by atoms with Crippen molar-refractivity contribution in [3.63, 3.8) is 0 Å². The maximum absolute atomic E-state index is 5.50. The zero-order chi connectivity index (χ0) is 16.4. The van der Waals surface area contributed by atoms with Crippen LogP contribution in [0, 0.1) is 0 Å². The summed E-state index contributed by atoms with van der Waals surface area (Å²) in [5, 5.41) is 14.8. The number of anilines is 2. The van der Waals surface area contributed by atoms with Crippen LogP contribution in [0.2, 0.25) is 0 Å². The molecule has 24 heavy (non-hydrogen) atoms.